The zero-order valence-electron chi connectivity index (χ0n) is 14.4. The van der Waals surface area contributed by atoms with Crippen LogP contribution in [0.4, 0.5) is 0 Å². The number of amides is 1. The predicted octanol–water partition coefficient (Wildman–Crippen LogP) is 2.91. The molecular weight excluding hydrogens is 360 g/mol. The molecule has 3 aromatic rings. The monoisotopic (exact) mass is 376 g/mol. The van der Waals surface area contributed by atoms with E-state index in [9.17, 15) is 9.90 Å². The Morgan fingerprint density at radius 1 is 1.33 bits per heavy atom. The van der Waals surface area contributed by atoms with Crippen molar-refractivity contribution in [2.45, 2.75) is 19.4 Å². The van der Waals surface area contributed by atoms with E-state index in [-0.39, 0.29) is 23.6 Å². The van der Waals surface area contributed by atoms with Crippen molar-refractivity contribution in [3.8, 4) is 22.5 Å². The minimum atomic E-state index is -0.0890. The molecule has 0 spiro atoms. The second kappa shape index (κ2) is 7.17. The smallest absolute Gasteiger partial charge is 0.228 e. The summed E-state index contributed by atoms with van der Waals surface area (Å²) in [6.45, 7) is 1.34. The molecule has 2 aromatic heterocycles. The van der Waals surface area contributed by atoms with Gasteiger partial charge in [-0.2, -0.15) is 5.26 Å². The van der Waals surface area contributed by atoms with Gasteiger partial charge in [-0.25, -0.2) is 9.97 Å². The number of rotatable bonds is 3. The molecule has 0 aliphatic carbocycles. The second-order valence-corrected chi connectivity index (χ2v) is 7.22. The molecule has 0 radical (unpaired) electrons. The summed E-state index contributed by atoms with van der Waals surface area (Å²) in [6, 6.07) is 11.5. The van der Waals surface area contributed by atoms with Gasteiger partial charge in [-0.15, -0.1) is 11.3 Å². The average Bonchev–Trinajstić information content (AvgIpc) is 3.15. The summed E-state index contributed by atoms with van der Waals surface area (Å²) >= 11 is 1.32. The van der Waals surface area contributed by atoms with Gasteiger partial charge in [-0.05, 0) is 17.5 Å². The van der Waals surface area contributed by atoms with Gasteiger partial charge < -0.3 is 10.0 Å². The Bertz CT molecular complexity index is 1050. The zero-order valence-corrected chi connectivity index (χ0v) is 15.2. The third kappa shape index (κ3) is 3.52. The quantitative estimate of drug-likeness (QED) is 0.759. The lowest BCUT2D eigenvalue weighted by Crippen LogP contribution is -2.36. The van der Waals surface area contributed by atoms with Gasteiger partial charge in [0.05, 0.1) is 17.7 Å². The average molecular weight is 376 g/mol. The molecule has 134 valence electrons. The molecule has 3 heterocycles. The number of carbonyl (C=O) groups excluding carboxylic acids is 1. The number of nitrogens with zero attached hydrogens (tertiary/aromatic N) is 4. The van der Waals surface area contributed by atoms with Gasteiger partial charge in [0, 0.05) is 30.7 Å². The van der Waals surface area contributed by atoms with Crippen molar-refractivity contribution in [2.24, 2.45) is 0 Å². The molecule has 1 aliphatic rings. The molecule has 7 heteroatoms. The van der Waals surface area contributed by atoms with E-state index in [2.05, 4.69) is 22.1 Å². The van der Waals surface area contributed by atoms with Crippen LogP contribution in [-0.2, 0) is 24.2 Å². The number of hydrogen-bond acceptors (Lipinski definition) is 6. The minimum Gasteiger partial charge on any atom is -0.506 e. The van der Waals surface area contributed by atoms with Crippen molar-refractivity contribution in [2.75, 3.05) is 6.54 Å². The van der Waals surface area contributed by atoms with Crippen LogP contribution in [0, 0.1) is 11.3 Å². The van der Waals surface area contributed by atoms with Gasteiger partial charge in [0.25, 0.3) is 0 Å². The fourth-order valence-electron chi connectivity index (χ4n) is 3.15. The highest BCUT2D eigenvalue weighted by molar-refractivity contribution is 7.13. The molecule has 27 heavy (non-hydrogen) atoms. The lowest BCUT2D eigenvalue weighted by molar-refractivity contribution is -0.131. The maximum Gasteiger partial charge on any atom is 0.228 e. The van der Waals surface area contributed by atoms with Crippen molar-refractivity contribution in [3.63, 3.8) is 0 Å². The van der Waals surface area contributed by atoms with E-state index < -0.39 is 0 Å². The highest BCUT2D eigenvalue weighted by Crippen LogP contribution is 2.30. The summed E-state index contributed by atoms with van der Waals surface area (Å²) in [7, 11) is 0. The van der Waals surface area contributed by atoms with Crippen molar-refractivity contribution in [3.05, 3.63) is 64.3 Å². The van der Waals surface area contributed by atoms with Crippen molar-refractivity contribution >= 4 is 17.2 Å². The molecule has 1 N–H and O–H groups in total. The van der Waals surface area contributed by atoms with Crippen LogP contribution in [0.3, 0.4) is 0 Å². The largest absolute Gasteiger partial charge is 0.506 e. The van der Waals surface area contributed by atoms with Gasteiger partial charge in [-0.3, -0.25) is 4.79 Å². The Morgan fingerprint density at radius 3 is 2.93 bits per heavy atom. The number of aromatic hydroxyl groups is 1. The molecule has 0 saturated heterocycles. The van der Waals surface area contributed by atoms with E-state index in [4.69, 9.17) is 5.26 Å². The third-order valence-corrected chi connectivity index (χ3v) is 5.46. The summed E-state index contributed by atoms with van der Waals surface area (Å²) in [5, 5.41) is 21.2. The first kappa shape index (κ1) is 17.2. The van der Waals surface area contributed by atoms with Crippen molar-refractivity contribution in [1.29, 1.82) is 5.26 Å². The first-order chi connectivity index (χ1) is 13.1. The zero-order chi connectivity index (χ0) is 18.8. The van der Waals surface area contributed by atoms with Crippen LogP contribution in [0.25, 0.3) is 10.7 Å². The maximum absolute atomic E-state index is 12.7. The van der Waals surface area contributed by atoms with Crippen LogP contribution < -0.4 is 0 Å². The molecule has 0 atom stereocenters. The van der Waals surface area contributed by atoms with E-state index in [1.807, 2.05) is 28.5 Å². The first-order valence-electron chi connectivity index (χ1n) is 8.52. The van der Waals surface area contributed by atoms with Crippen molar-refractivity contribution < 1.29 is 9.90 Å². The summed E-state index contributed by atoms with van der Waals surface area (Å²) in [6.07, 6.45) is 2.48. The number of pyridine rings is 1. The van der Waals surface area contributed by atoms with Gasteiger partial charge in [0.15, 0.2) is 0 Å². The predicted molar refractivity (Wildman–Crippen MR) is 101 cm³/mol. The summed E-state index contributed by atoms with van der Waals surface area (Å²) in [5.74, 6) is -0.0488. The van der Waals surface area contributed by atoms with Crippen LogP contribution >= 0.6 is 11.3 Å². The van der Waals surface area contributed by atoms with E-state index in [0.717, 1.165) is 6.42 Å². The van der Waals surface area contributed by atoms with Gasteiger partial charge in [0.1, 0.15) is 22.5 Å². The van der Waals surface area contributed by atoms with Crippen LogP contribution in [-0.4, -0.2) is 32.4 Å². The number of nitriles is 1. The van der Waals surface area contributed by atoms with Gasteiger partial charge in [-0.1, -0.05) is 24.3 Å². The Labute approximate surface area is 160 Å². The van der Waals surface area contributed by atoms with E-state index >= 15 is 0 Å². The Balaban J connectivity index is 1.47. The second-order valence-electron chi connectivity index (χ2n) is 6.36. The fraction of sp³-hybridized carbons (Fsp3) is 0.200. The van der Waals surface area contributed by atoms with E-state index in [1.54, 1.807) is 0 Å². The molecule has 0 unspecified atom stereocenters. The molecule has 6 nitrogen and oxygen atoms in total. The Hall–Kier alpha value is -3.24. The lowest BCUT2D eigenvalue weighted by Gasteiger charge is -2.28. The van der Waals surface area contributed by atoms with Crippen LogP contribution in [0.15, 0.2) is 41.9 Å². The summed E-state index contributed by atoms with van der Waals surface area (Å²) in [5.41, 5.74) is 3.77. The molecule has 0 bridgehead atoms. The standard InChI is InChI=1S/C20H16N4O2S/c21-9-13-7-17(25)19(22-10-13)20-23-16(12-27-20)8-18(26)24-6-5-14-3-1-2-4-15(14)11-24/h1-4,7,10,12,25H,5-6,8,11H2. The topological polar surface area (TPSA) is 90.1 Å². The Morgan fingerprint density at radius 2 is 2.15 bits per heavy atom. The number of carbonyl (C=O) groups is 1. The number of thiazole rings is 1. The van der Waals surface area contributed by atoms with Crippen LogP contribution in [0.1, 0.15) is 22.4 Å². The van der Waals surface area contributed by atoms with Gasteiger partial charge >= 0.3 is 0 Å². The minimum absolute atomic E-state index is 0.0402. The first-order valence-corrected chi connectivity index (χ1v) is 9.40. The highest BCUT2D eigenvalue weighted by atomic mass is 32.1. The summed E-state index contributed by atoms with van der Waals surface area (Å²) < 4.78 is 0. The third-order valence-electron chi connectivity index (χ3n) is 4.57. The van der Waals surface area contributed by atoms with E-state index in [0.29, 0.717) is 29.5 Å². The molecular formula is C20H16N4O2S. The highest BCUT2D eigenvalue weighted by Gasteiger charge is 2.21. The van der Waals surface area contributed by atoms with E-state index in [1.165, 1.54) is 34.7 Å². The number of fused-ring (bicyclic) bond motifs is 1. The van der Waals surface area contributed by atoms with Crippen LogP contribution in [0.5, 0.6) is 5.75 Å². The Kier molecular flexibility index (Phi) is 4.57. The molecule has 0 saturated carbocycles. The number of hydrogen-bond donors (Lipinski definition) is 1. The SMILES string of the molecule is N#Cc1cnc(-c2nc(CC(=O)N3CCc4ccccc4C3)cs2)c(O)c1. The molecule has 1 aliphatic heterocycles. The fourth-order valence-corrected chi connectivity index (χ4v) is 3.97. The number of benzene rings is 1. The van der Waals surface area contributed by atoms with Crippen molar-refractivity contribution in [1.82, 2.24) is 14.9 Å². The number of aromatic nitrogens is 2. The summed E-state index contributed by atoms with van der Waals surface area (Å²) in [4.78, 5) is 23.1. The molecule has 1 amide bonds. The maximum atomic E-state index is 12.7. The lowest BCUT2D eigenvalue weighted by atomic mass is 10.00. The van der Waals surface area contributed by atoms with Crippen LogP contribution in [0.2, 0.25) is 0 Å². The molecule has 0 fully saturated rings. The molecule has 1 aromatic carbocycles. The molecule has 4 rings (SSSR count). The normalized spacial score (nSPS) is 13.1. The van der Waals surface area contributed by atoms with Gasteiger partial charge in [0.2, 0.25) is 5.91 Å².